The standard InChI is InChI=1S/C11H10O/c12-11-5-1-2-9-6-8(7-11)3-4-10(9)11/h1-4,6,12H,5,7H2. The quantitative estimate of drug-likeness (QED) is 0.611. The van der Waals surface area contributed by atoms with E-state index in [1.165, 1.54) is 11.1 Å². The summed E-state index contributed by atoms with van der Waals surface area (Å²) >= 11 is 0. The molecule has 0 radical (unpaired) electrons. The lowest BCUT2D eigenvalue weighted by Crippen LogP contribution is -2.33. The first kappa shape index (κ1) is 6.44. The van der Waals surface area contributed by atoms with Gasteiger partial charge in [-0.25, -0.2) is 0 Å². The molecule has 1 aromatic carbocycles. The average molecular weight is 158 g/mol. The molecule has 3 aliphatic carbocycles. The van der Waals surface area contributed by atoms with Crippen LogP contribution in [0.1, 0.15) is 23.1 Å². The monoisotopic (exact) mass is 158 g/mol. The van der Waals surface area contributed by atoms with Gasteiger partial charge < -0.3 is 5.11 Å². The van der Waals surface area contributed by atoms with Crippen LogP contribution >= 0.6 is 0 Å². The van der Waals surface area contributed by atoms with Crippen molar-refractivity contribution >= 4 is 6.08 Å². The van der Waals surface area contributed by atoms with Gasteiger partial charge in [0.1, 0.15) is 0 Å². The smallest absolute Gasteiger partial charge is 0.0976 e. The molecule has 0 heterocycles. The van der Waals surface area contributed by atoms with E-state index in [4.69, 9.17) is 0 Å². The maximum absolute atomic E-state index is 10.2. The van der Waals surface area contributed by atoms with Gasteiger partial charge in [-0.3, -0.25) is 0 Å². The van der Waals surface area contributed by atoms with Crippen LogP contribution in [0.5, 0.6) is 0 Å². The third-order valence-corrected chi connectivity index (χ3v) is 2.87. The van der Waals surface area contributed by atoms with Crippen molar-refractivity contribution in [2.75, 3.05) is 0 Å². The van der Waals surface area contributed by atoms with Crippen molar-refractivity contribution in [2.24, 2.45) is 0 Å². The van der Waals surface area contributed by atoms with Crippen LogP contribution in [0.15, 0.2) is 24.3 Å². The molecule has 1 N–H and O–H groups in total. The van der Waals surface area contributed by atoms with Crippen LogP contribution in [-0.4, -0.2) is 5.11 Å². The van der Waals surface area contributed by atoms with E-state index in [0.717, 1.165) is 18.4 Å². The molecule has 3 aliphatic rings. The fourth-order valence-electron chi connectivity index (χ4n) is 2.28. The second kappa shape index (κ2) is 1.80. The summed E-state index contributed by atoms with van der Waals surface area (Å²) in [6, 6.07) is 6.32. The highest BCUT2D eigenvalue weighted by Crippen LogP contribution is 2.41. The highest BCUT2D eigenvalue weighted by Gasteiger charge is 2.36. The van der Waals surface area contributed by atoms with Crippen molar-refractivity contribution < 1.29 is 5.11 Å². The molecule has 0 amide bonds. The highest BCUT2D eigenvalue weighted by atomic mass is 16.3. The molecule has 1 unspecified atom stereocenters. The minimum Gasteiger partial charge on any atom is -0.384 e. The number of fused-ring (bicyclic) bond motifs is 1. The summed E-state index contributed by atoms with van der Waals surface area (Å²) in [5.74, 6) is 0. The molecule has 12 heavy (non-hydrogen) atoms. The Morgan fingerprint density at radius 2 is 2.25 bits per heavy atom. The molecule has 4 bridgehead atoms. The Morgan fingerprint density at radius 1 is 1.33 bits per heavy atom. The molecule has 4 rings (SSSR count). The van der Waals surface area contributed by atoms with Gasteiger partial charge in [0, 0.05) is 6.42 Å². The molecule has 0 fully saturated rings. The van der Waals surface area contributed by atoms with Crippen LogP contribution in [0.2, 0.25) is 0 Å². The Balaban J connectivity index is 2.39. The van der Waals surface area contributed by atoms with E-state index in [2.05, 4.69) is 30.4 Å². The zero-order valence-corrected chi connectivity index (χ0v) is 6.75. The molecule has 0 aliphatic heterocycles. The molecule has 1 nitrogen and oxygen atoms in total. The molecule has 60 valence electrons. The second-order valence-electron chi connectivity index (χ2n) is 3.74. The summed E-state index contributed by atoms with van der Waals surface area (Å²) in [5, 5.41) is 10.2. The molecule has 1 atom stereocenters. The predicted octanol–water partition coefficient (Wildman–Crippen LogP) is 1.85. The topological polar surface area (TPSA) is 20.2 Å². The maximum Gasteiger partial charge on any atom is 0.0976 e. The molecule has 0 saturated heterocycles. The Hall–Kier alpha value is -1.08. The third-order valence-electron chi connectivity index (χ3n) is 2.87. The van der Waals surface area contributed by atoms with E-state index >= 15 is 0 Å². The Bertz CT molecular complexity index is 379. The van der Waals surface area contributed by atoms with E-state index in [-0.39, 0.29) is 0 Å². The van der Waals surface area contributed by atoms with Crippen molar-refractivity contribution in [3.63, 3.8) is 0 Å². The molecule has 0 spiro atoms. The zero-order chi connectivity index (χ0) is 8.18. The Labute approximate surface area is 71.3 Å². The van der Waals surface area contributed by atoms with Crippen molar-refractivity contribution in [1.29, 1.82) is 0 Å². The summed E-state index contributed by atoms with van der Waals surface area (Å²) < 4.78 is 0. The Kier molecular flexibility index (Phi) is 0.968. The normalized spacial score (nSPS) is 29.4. The van der Waals surface area contributed by atoms with Crippen LogP contribution in [0.4, 0.5) is 0 Å². The summed E-state index contributed by atoms with van der Waals surface area (Å²) in [6.45, 7) is 0. The van der Waals surface area contributed by atoms with Crippen LogP contribution in [-0.2, 0) is 12.0 Å². The van der Waals surface area contributed by atoms with Gasteiger partial charge in [-0.05, 0) is 23.1 Å². The van der Waals surface area contributed by atoms with Gasteiger partial charge in [-0.2, -0.15) is 0 Å². The van der Waals surface area contributed by atoms with Gasteiger partial charge in [-0.15, -0.1) is 0 Å². The van der Waals surface area contributed by atoms with Crippen LogP contribution in [0, 0.1) is 0 Å². The van der Waals surface area contributed by atoms with Crippen molar-refractivity contribution in [3.8, 4) is 0 Å². The highest BCUT2D eigenvalue weighted by molar-refractivity contribution is 5.62. The second-order valence-corrected chi connectivity index (χ2v) is 3.74. The summed E-state index contributed by atoms with van der Waals surface area (Å²) in [4.78, 5) is 0. The summed E-state index contributed by atoms with van der Waals surface area (Å²) in [5.41, 5.74) is 3.00. The number of hydrogen-bond donors (Lipinski definition) is 1. The number of benzene rings is 1. The van der Waals surface area contributed by atoms with Gasteiger partial charge >= 0.3 is 0 Å². The van der Waals surface area contributed by atoms with Crippen molar-refractivity contribution in [2.45, 2.75) is 18.4 Å². The fourth-order valence-corrected chi connectivity index (χ4v) is 2.28. The first-order valence-corrected chi connectivity index (χ1v) is 4.30. The lowest BCUT2D eigenvalue weighted by atomic mass is 9.73. The predicted molar refractivity (Wildman–Crippen MR) is 47.7 cm³/mol. The molecule has 1 heteroatoms. The number of hydrogen-bond acceptors (Lipinski definition) is 1. The average Bonchev–Trinajstić information content (AvgIpc) is 2.03. The van der Waals surface area contributed by atoms with Gasteiger partial charge in [-0.1, -0.05) is 30.4 Å². The van der Waals surface area contributed by atoms with Crippen LogP contribution in [0.3, 0.4) is 0 Å². The van der Waals surface area contributed by atoms with Gasteiger partial charge in [0.15, 0.2) is 0 Å². The third kappa shape index (κ3) is 0.625. The van der Waals surface area contributed by atoms with Gasteiger partial charge in [0.05, 0.1) is 5.60 Å². The van der Waals surface area contributed by atoms with Gasteiger partial charge in [0.2, 0.25) is 0 Å². The van der Waals surface area contributed by atoms with E-state index in [1.54, 1.807) is 0 Å². The SMILES string of the molecule is OC12CC=Cc3cc(ccc31)C2. The van der Waals surface area contributed by atoms with Crippen molar-refractivity contribution in [3.05, 3.63) is 41.0 Å². The first-order valence-electron chi connectivity index (χ1n) is 4.30. The lowest BCUT2D eigenvalue weighted by molar-refractivity contribution is 0.0351. The molecule has 1 aromatic rings. The summed E-state index contributed by atoms with van der Waals surface area (Å²) in [6.07, 6.45) is 5.73. The Morgan fingerprint density at radius 3 is 2.92 bits per heavy atom. The fraction of sp³-hybridized carbons (Fsp3) is 0.273. The van der Waals surface area contributed by atoms with E-state index in [1.807, 2.05) is 0 Å². The number of rotatable bonds is 0. The number of aliphatic hydroxyl groups is 1. The molecular weight excluding hydrogens is 148 g/mol. The van der Waals surface area contributed by atoms with Crippen molar-refractivity contribution in [1.82, 2.24) is 0 Å². The lowest BCUT2D eigenvalue weighted by Gasteiger charge is -2.36. The van der Waals surface area contributed by atoms with E-state index < -0.39 is 5.60 Å². The van der Waals surface area contributed by atoms with Crippen LogP contribution < -0.4 is 0 Å². The largest absolute Gasteiger partial charge is 0.384 e. The summed E-state index contributed by atoms with van der Waals surface area (Å²) in [7, 11) is 0. The zero-order valence-electron chi connectivity index (χ0n) is 6.75. The van der Waals surface area contributed by atoms with E-state index in [0.29, 0.717) is 0 Å². The minimum absolute atomic E-state index is 0.567. The molecule has 0 aromatic heterocycles. The first-order chi connectivity index (χ1) is 5.78. The van der Waals surface area contributed by atoms with E-state index in [9.17, 15) is 5.11 Å². The maximum atomic E-state index is 10.2. The molecule has 0 saturated carbocycles. The minimum atomic E-state index is -0.567. The molecular formula is C11H10O. The van der Waals surface area contributed by atoms with Gasteiger partial charge in [0.25, 0.3) is 0 Å². The van der Waals surface area contributed by atoms with Crippen LogP contribution in [0.25, 0.3) is 6.08 Å².